The van der Waals surface area contributed by atoms with Gasteiger partial charge in [0.25, 0.3) is 0 Å². The molecule has 1 heterocycles. The molecule has 17 heavy (non-hydrogen) atoms. The van der Waals surface area contributed by atoms with Crippen LogP contribution in [-0.4, -0.2) is 11.0 Å². The van der Waals surface area contributed by atoms with E-state index >= 15 is 0 Å². The summed E-state index contributed by atoms with van der Waals surface area (Å²) in [7, 11) is 0. The molecule has 0 spiro atoms. The van der Waals surface area contributed by atoms with E-state index in [0.717, 1.165) is 11.8 Å². The molecular weight excluding hydrogens is 208 g/mol. The first-order valence-electron chi connectivity index (χ1n) is 6.84. The van der Waals surface area contributed by atoms with Crippen LogP contribution in [-0.2, 0) is 0 Å². The third-order valence-electron chi connectivity index (χ3n) is 4.38. The Morgan fingerprint density at radius 3 is 2.65 bits per heavy atom. The summed E-state index contributed by atoms with van der Waals surface area (Å²) in [5.74, 6) is 1.64. The molecule has 1 aromatic heterocycles. The van der Waals surface area contributed by atoms with Gasteiger partial charge in [-0.05, 0) is 42.9 Å². The summed E-state index contributed by atoms with van der Waals surface area (Å²) in [6.45, 7) is 7.03. The lowest BCUT2D eigenvalue weighted by Crippen LogP contribution is -2.41. The van der Waals surface area contributed by atoms with E-state index in [0.29, 0.717) is 12.1 Å². The molecule has 0 amide bonds. The van der Waals surface area contributed by atoms with Gasteiger partial charge in [-0.25, -0.2) is 0 Å². The lowest BCUT2D eigenvalue weighted by atomic mass is 9.77. The molecule has 3 unspecified atom stereocenters. The second-order valence-corrected chi connectivity index (χ2v) is 5.54. The summed E-state index contributed by atoms with van der Waals surface area (Å²) in [5.41, 5.74) is 1.34. The van der Waals surface area contributed by atoms with E-state index < -0.39 is 0 Å². The molecule has 2 nitrogen and oxygen atoms in total. The molecule has 1 saturated carbocycles. The largest absolute Gasteiger partial charge is 0.307 e. The molecule has 0 aliphatic heterocycles. The molecule has 1 aliphatic carbocycles. The van der Waals surface area contributed by atoms with Crippen LogP contribution in [0.1, 0.15) is 51.6 Å². The summed E-state index contributed by atoms with van der Waals surface area (Å²) < 4.78 is 0. The monoisotopic (exact) mass is 232 g/mol. The van der Waals surface area contributed by atoms with Crippen molar-refractivity contribution in [3.8, 4) is 0 Å². The van der Waals surface area contributed by atoms with Crippen LogP contribution in [0.3, 0.4) is 0 Å². The summed E-state index contributed by atoms with van der Waals surface area (Å²) in [6.07, 6.45) is 7.83. The van der Waals surface area contributed by atoms with E-state index in [1.807, 2.05) is 12.4 Å². The van der Waals surface area contributed by atoms with Crippen molar-refractivity contribution in [1.82, 2.24) is 10.3 Å². The lowest BCUT2D eigenvalue weighted by molar-refractivity contribution is 0.196. The van der Waals surface area contributed by atoms with Gasteiger partial charge in [-0.15, -0.1) is 0 Å². The van der Waals surface area contributed by atoms with Crippen LogP contribution < -0.4 is 5.32 Å². The highest BCUT2D eigenvalue weighted by Gasteiger charge is 2.27. The average Bonchev–Trinajstić information content (AvgIpc) is 2.36. The molecule has 0 aromatic carbocycles. The molecule has 0 radical (unpaired) electrons. The van der Waals surface area contributed by atoms with Gasteiger partial charge in [-0.2, -0.15) is 0 Å². The standard InChI is InChI=1S/C15H24N2/c1-11-5-4-6-15(12(11)2)17-13(3)14-7-9-16-10-8-14/h7-13,15,17H,4-6H2,1-3H3/t11?,12?,13-,15?/m1/s1. The Morgan fingerprint density at radius 2 is 1.94 bits per heavy atom. The van der Waals surface area contributed by atoms with Crippen LogP contribution in [0, 0.1) is 11.8 Å². The number of aromatic nitrogens is 1. The Bertz CT molecular complexity index is 336. The van der Waals surface area contributed by atoms with Crippen LogP contribution in [0.25, 0.3) is 0 Å². The zero-order chi connectivity index (χ0) is 12.3. The Hall–Kier alpha value is -0.890. The summed E-state index contributed by atoms with van der Waals surface area (Å²) >= 11 is 0. The van der Waals surface area contributed by atoms with Crippen LogP contribution in [0.4, 0.5) is 0 Å². The third kappa shape index (κ3) is 3.06. The second-order valence-electron chi connectivity index (χ2n) is 5.54. The molecule has 0 saturated heterocycles. The minimum absolute atomic E-state index is 0.427. The van der Waals surface area contributed by atoms with Crippen molar-refractivity contribution in [3.05, 3.63) is 30.1 Å². The van der Waals surface area contributed by atoms with Crippen molar-refractivity contribution >= 4 is 0 Å². The van der Waals surface area contributed by atoms with E-state index in [1.165, 1.54) is 24.8 Å². The minimum Gasteiger partial charge on any atom is -0.307 e. The molecule has 4 atom stereocenters. The molecule has 0 bridgehead atoms. The van der Waals surface area contributed by atoms with Gasteiger partial charge in [0.05, 0.1) is 0 Å². The predicted octanol–water partition coefficient (Wildman–Crippen LogP) is 3.56. The highest BCUT2D eigenvalue weighted by molar-refractivity contribution is 5.14. The fourth-order valence-electron chi connectivity index (χ4n) is 2.89. The molecular formula is C15H24N2. The maximum absolute atomic E-state index is 4.07. The quantitative estimate of drug-likeness (QED) is 0.862. The number of nitrogens with zero attached hydrogens (tertiary/aromatic N) is 1. The Balaban J connectivity index is 1.96. The summed E-state index contributed by atoms with van der Waals surface area (Å²) in [4.78, 5) is 4.07. The van der Waals surface area contributed by atoms with Gasteiger partial charge in [0, 0.05) is 24.5 Å². The van der Waals surface area contributed by atoms with Gasteiger partial charge in [0.15, 0.2) is 0 Å². The highest BCUT2D eigenvalue weighted by atomic mass is 15.0. The maximum Gasteiger partial charge on any atom is 0.0295 e. The van der Waals surface area contributed by atoms with Crippen molar-refractivity contribution < 1.29 is 0 Å². The van der Waals surface area contributed by atoms with Gasteiger partial charge >= 0.3 is 0 Å². The Morgan fingerprint density at radius 1 is 1.24 bits per heavy atom. The van der Waals surface area contributed by atoms with E-state index in [9.17, 15) is 0 Å². The Labute approximate surface area is 105 Å². The van der Waals surface area contributed by atoms with Crippen LogP contribution in [0.15, 0.2) is 24.5 Å². The van der Waals surface area contributed by atoms with Crippen molar-refractivity contribution in [2.24, 2.45) is 11.8 Å². The summed E-state index contributed by atoms with van der Waals surface area (Å²) in [5, 5.41) is 3.79. The van der Waals surface area contributed by atoms with Crippen molar-refractivity contribution in [2.75, 3.05) is 0 Å². The third-order valence-corrected chi connectivity index (χ3v) is 4.38. The van der Waals surface area contributed by atoms with Crippen LogP contribution in [0.2, 0.25) is 0 Å². The molecule has 94 valence electrons. The highest BCUT2D eigenvalue weighted by Crippen LogP contribution is 2.30. The number of pyridine rings is 1. The smallest absolute Gasteiger partial charge is 0.0295 e. The first-order chi connectivity index (χ1) is 8.18. The van der Waals surface area contributed by atoms with Crippen LogP contribution >= 0.6 is 0 Å². The van der Waals surface area contributed by atoms with Gasteiger partial charge < -0.3 is 5.32 Å². The number of hydrogen-bond donors (Lipinski definition) is 1. The van der Waals surface area contributed by atoms with E-state index in [2.05, 4.69) is 43.2 Å². The second kappa shape index (κ2) is 5.63. The van der Waals surface area contributed by atoms with Crippen molar-refractivity contribution in [1.29, 1.82) is 0 Å². The molecule has 2 heteroatoms. The first-order valence-corrected chi connectivity index (χ1v) is 6.84. The average molecular weight is 232 g/mol. The normalized spacial score (nSPS) is 31.1. The maximum atomic E-state index is 4.07. The minimum atomic E-state index is 0.427. The summed E-state index contributed by atoms with van der Waals surface area (Å²) in [6, 6.07) is 5.31. The zero-order valence-electron chi connectivity index (χ0n) is 11.2. The predicted molar refractivity (Wildman–Crippen MR) is 71.8 cm³/mol. The number of nitrogens with one attached hydrogen (secondary N) is 1. The Kier molecular flexibility index (Phi) is 4.16. The number of rotatable bonds is 3. The van der Waals surface area contributed by atoms with Gasteiger partial charge in [0.1, 0.15) is 0 Å². The molecule has 1 N–H and O–H groups in total. The van der Waals surface area contributed by atoms with Gasteiger partial charge in [0.2, 0.25) is 0 Å². The molecule has 1 aliphatic rings. The zero-order valence-corrected chi connectivity index (χ0v) is 11.2. The van der Waals surface area contributed by atoms with Gasteiger partial charge in [-0.3, -0.25) is 4.98 Å². The van der Waals surface area contributed by atoms with E-state index in [4.69, 9.17) is 0 Å². The fourth-order valence-corrected chi connectivity index (χ4v) is 2.89. The van der Waals surface area contributed by atoms with Crippen molar-refractivity contribution in [3.63, 3.8) is 0 Å². The van der Waals surface area contributed by atoms with Gasteiger partial charge in [-0.1, -0.05) is 26.7 Å². The lowest BCUT2D eigenvalue weighted by Gasteiger charge is -2.36. The molecule has 2 rings (SSSR count). The van der Waals surface area contributed by atoms with E-state index in [1.54, 1.807) is 0 Å². The fraction of sp³-hybridized carbons (Fsp3) is 0.667. The van der Waals surface area contributed by atoms with Crippen molar-refractivity contribution in [2.45, 2.75) is 52.1 Å². The molecule has 1 fully saturated rings. The topological polar surface area (TPSA) is 24.9 Å². The number of hydrogen-bond acceptors (Lipinski definition) is 2. The molecule has 1 aromatic rings. The SMILES string of the molecule is CC1CCCC(N[C@H](C)c2ccncc2)C1C. The van der Waals surface area contributed by atoms with E-state index in [-0.39, 0.29) is 0 Å². The van der Waals surface area contributed by atoms with Crippen LogP contribution in [0.5, 0.6) is 0 Å². The first kappa shape index (κ1) is 12.6.